The fraction of sp³-hybridized carbons (Fsp3) is 0.462. The minimum atomic E-state index is -4.23. The van der Waals surface area contributed by atoms with E-state index >= 15 is 0 Å². The molecule has 2 rings (SSSR count). The number of thioether (sulfide) groups is 1. The highest BCUT2D eigenvalue weighted by molar-refractivity contribution is 7.99. The van der Waals surface area contributed by atoms with Crippen LogP contribution in [0.25, 0.3) is 0 Å². The summed E-state index contributed by atoms with van der Waals surface area (Å²) < 4.78 is 36.7. The molecule has 0 aliphatic heterocycles. The maximum absolute atomic E-state index is 12.2. The molecule has 7 heteroatoms. The minimum absolute atomic E-state index is 0.183. The van der Waals surface area contributed by atoms with E-state index in [0.717, 1.165) is 12.8 Å². The number of carbonyl (C=O) groups is 1. The summed E-state index contributed by atoms with van der Waals surface area (Å²) in [7, 11) is 0. The Hall–Kier alpha value is -1.21. The number of halogens is 3. The van der Waals surface area contributed by atoms with Gasteiger partial charge in [0.1, 0.15) is 0 Å². The molecule has 1 aromatic rings. The van der Waals surface area contributed by atoms with E-state index in [4.69, 9.17) is 0 Å². The average Bonchev–Trinajstić information content (AvgIpc) is 3.18. The zero-order valence-electron chi connectivity index (χ0n) is 10.7. The molecule has 0 spiro atoms. The monoisotopic (exact) mass is 304 g/mol. The molecule has 1 aliphatic carbocycles. The first-order chi connectivity index (χ1) is 9.44. The van der Waals surface area contributed by atoms with E-state index in [1.165, 1.54) is 0 Å². The molecule has 0 heterocycles. The maximum atomic E-state index is 12.2. The van der Waals surface area contributed by atoms with Crippen LogP contribution >= 0.6 is 11.8 Å². The lowest BCUT2D eigenvalue weighted by Gasteiger charge is -2.12. The number of nitrogens with one attached hydrogen (secondary N) is 2. The zero-order valence-corrected chi connectivity index (χ0v) is 11.5. The SMILES string of the molecule is O=C(CNC1CC1)Nc1ccccc1SCC(F)(F)F. The van der Waals surface area contributed by atoms with Gasteiger partial charge in [-0.05, 0) is 25.0 Å². The predicted octanol–water partition coefficient (Wildman–Crippen LogP) is 3.03. The molecule has 0 aromatic heterocycles. The van der Waals surface area contributed by atoms with E-state index in [-0.39, 0.29) is 12.5 Å². The summed E-state index contributed by atoms with van der Waals surface area (Å²) in [5.41, 5.74) is 0.421. The molecule has 20 heavy (non-hydrogen) atoms. The number of hydrogen-bond donors (Lipinski definition) is 2. The van der Waals surface area contributed by atoms with Gasteiger partial charge in [-0.15, -0.1) is 11.8 Å². The molecule has 0 saturated heterocycles. The van der Waals surface area contributed by atoms with Crippen molar-refractivity contribution in [3.8, 4) is 0 Å². The molecule has 1 aromatic carbocycles. The van der Waals surface area contributed by atoms with Crippen molar-refractivity contribution in [2.24, 2.45) is 0 Å². The predicted molar refractivity (Wildman–Crippen MR) is 72.9 cm³/mol. The van der Waals surface area contributed by atoms with Gasteiger partial charge in [0, 0.05) is 10.9 Å². The number of carbonyl (C=O) groups excluding carboxylic acids is 1. The van der Waals surface area contributed by atoms with Crippen LogP contribution in [0.2, 0.25) is 0 Å². The van der Waals surface area contributed by atoms with E-state index in [1.807, 2.05) is 0 Å². The van der Waals surface area contributed by atoms with Gasteiger partial charge in [-0.2, -0.15) is 13.2 Å². The molecule has 3 nitrogen and oxygen atoms in total. The number of amides is 1. The highest BCUT2D eigenvalue weighted by Gasteiger charge is 2.27. The standard InChI is InChI=1S/C13H15F3N2OS/c14-13(15,16)8-20-11-4-2-1-3-10(11)18-12(19)7-17-9-5-6-9/h1-4,9,17H,5-8H2,(H,18,19). The highest BCUT2D eigenvalue weighted by Crippen LogP contribution is 2.32. The molecule has 1 amide bonds. The summed E-state index contributed by atoms with van der Waals surface area (Å²) in [6.07, 6.45) is -2.08. The van der Waals surface area contributed by atoms with Crippen molar-refractivity contribution in [1.29, 1.82) is 0 Å². The number of alkyl halides is 3. The van der Waals surface area contributed by atoms with Crippen molar-refractivity contribution < 1.29 is 18.0 Å². The quantitative estimate of drug-likeness (QED) is 0.794. The first kappa shape index (κ1) is 15.2. The van der Waals surface area contributed by atoms with Crippen LogP contribution < -0.4 is 10.6 Å². The summed E-state index contributed by atoms with van der Waals surface area (Å²) in [4.78, 5) is 12.1. The Morgan fingerprint density at radius 1 is 1.30 bits per heavy atom. The van der Waals surface area contributed by atoms with Crippen LogP contribution in [0, 0.1) is 0 Å². The second-order valence-electron chi connectivity index (χ2n) is 4.60. The fourth-order valence-electron chi connectivity index (χ4n) is 1.57. The lowest BCUT2D eigenvalue weighted by Crippen LogP contribution is -2.29. The number of para-hydroxylation sites is 1. The van der Waals surface area contributed by atoms with E-state index in [0.29, 0.717) is 28.4 Å². The van der Waals surface area contributed by atoms with Crippen LogP contribution in [0.1, 0.15) is 12.8 Å². The van der Waals surface area contributed by atoms with E-state index in [2.05, 4.69) is 10.6 Å². The first-order valence-corrected chi connectivity index (χ1v) is 7.24. The second-order valence-corrected chi connectivity index (χ2v) is 5.62. The first-order valence-electron chi connectivity index (χ1n) is 6.26. The summed E-state index contributed by atoms with van der Waals surface area (Å²) in [5.74, 6) is -1.21. The molecule has 0 bridgehead atoms. The third-order valence-corrected chi connectivity index (χ3v) is 3.82. The molecular weight excluding hydrogens is 289 g/mol. The van der Waals surface area contributed by atoms with Gasteiger partial charge < -0.3 is 10.6 Å². The van der Waals surface area contributed by atoms with Crippen LogP contribution in [-0.4, -0.2) is 30.4 Å². The van der Waals surface area contributed by atoms with Gasteiger partial charge in [-0.1, -0.05) is 12.1 Å². The van der Waals surface area contributed by atoms with Gasteiger partial charge in [0.25, 0.3) is 0 Å². The highest BCUT2D eigenvalue weighted by atomic mass is 32.2. The molecule has 1 saturated carbocycles. The van der Waals surface area contributed by atoms with Crippen molar-refractivity contribution in [3.05, 3.63) is 24.3 Å². The third kappa shape index (κ3) is 5.42. The van der Waals surface area contributed by atoms with E-state index in [1.54, 1.807) is 24.3 Å². The second kappa shape index (κ2) is 6.49. The summed E-state index contributed by atoms with van der Waals surface area (Å²) in [5, 5.41) is 5.69. The molecule has 0 atom stereocenters. The smallest absolute Gasteiger partial charge is 0.324 e. The lowest BCUT2D eigenvalue weighted by molar-refractivity contribution is -0.115. The minimum Gasteiger partial charge on any atom is -0.324 e. The van der Waals surface area contributed by atoms with Crippen molar-refractivity contribution in [1.82, 2.24) is 5.32 Å². The number of rotatable bonds is 6. The number of benzene rings is 1. The van der Waals surface area contributed by atoms with E-state index in [9.17, 15) is 18.0 Å². The average molecular weight is 304 g/mol. The van der Waals surface area contributed by atoms with Crippen LogP contribution in [-0.2, 0) is 4.79 Å². The fourth-order valence-corrected chi connectivity index (χ4v) is 2.34. The largest absolute Gasteiger partial charge is 0.398 e. The Balaban J connectivity index is 1.90. The van der Waals surface area contributed by atoms with Gasteiger partial charge in [0.2, 0.25) is 5.91 Å². The zero-order chi connectivity index (χ0) is 14.6. The van der Waals surface area contributed by atoms with Crippen LogP contribution in [0.4, 0.5) is 18.9 Å². The Morgan fingerprint density at radius 3 is 2.65 bits per heavy atom. The normalized spacial score (nSPS) is 15.2. The molecular formula is C13H15F3N2OS. The lowest BCUT2D eigenvalue weighted by atomic mass is 10.3. The Bertz CT molecular complexity index is 475. The van der Waals surface area contributed by atoms with Gasteiger partial charge in [0.15, 0.2) is 0 Å². The molecule has 2 N–H and O–H groups in total. The van der Waals surface area contributed by atoms with Crippen molar-refractivity contribution in [2.75, 3.05) is 17.6 Å². The topological polar surface area (TPSA) is 41.1 Å². The number of hydrogen-bond acceptors (Lipinski definition) is 3. The Morgan fingerprint density at radius 2 is 2.00 bits per heavy atom. The molecule has 0 unspecified atom stereocenters. The summed E-state index contributed by atoms with van der Waals surface area (Å²) in [6.45, 7) is 0.183. The summed E-state index contributed by atoms with van der Waals surface area (Å²) >= 11 is 0.673. The van der Waals surface area contributed by atoms with Crippen molar-refractivity contribution in [3.63, 3.8) is 0 Å². The van der Waals surface area contributed by atoms with E-state index < -0.39 is 11.9 Å². The van der Waals surface area contributed by atoms with Gasteiger partial charge in [0.05, 0.1) is 18.0 Å². The van der Waals surface area contributed by atoms with Crippen LogP contribution in [0.3, 0.4) is 0 Å². The molecule has 0 radical (unpaired) electrons. The van der Waals surface area contributed by atoms with Crippen molar-refractivity contribution in [2.45, 2.75) is 30.0 Å². The van der Waals surface area contributed by atoms with Crippen LogP contribution in [0.15, 0.2) is 29.2 Å². The molecule has 110 valence electrons. The Kier molecular flexibility index (Phi) is 4.93. The number of anilines is 1. The van der Waals surface area contributed by atoms with Crippen LogP contribution in [0.5, 0.6) is 0 Å². The van der Waals surface area contributed by atoms with Gasteiger partial charge >= 0.3 is 6.18 Å². The molecule has 1 fully saturated rings. The van der Waals surface area contributed by atoms with Crippen molar-refractivity contribution >= 4 is 23.4 Å². The van der Waals surface area contributed by atoms with Gasteiger partial charge in [-0.25, -0.2) is 0 Å². The maximum Gasteiger partial charge on any atom is 0.398 e. The summed E-state index contributed by atoms with van der Waals surface area (Å²) in [6, 6.07) is 6.92. The van der Waals surface area contributed by atoms with Gasteiger partial charge in [-0.3, -0.25) is 4.79 Å². The third-order valence-electron chi connectivity index (χ3n) is 2.68. The molecule has 1 aliphatic rings. The Labute approximate surface area is 119 Å².